The molecule has 2 heterocycles. The van der Waals surface area contributed by atoms with Gasteiger partial charge in [0, 0.05) is 38.5 Å². The van der Waals surface area contributed by atoms with E-state index in [1.165, 1.54) is 6.42 Å². The van der Waals surface area contributed by atoms with Crippen molar-refractivity contribution >= 4 is 11.8 Å². The van der Waals surface area contributed by atoms with E-state index in [0.717, 1.165) is 44.5 Å². The summed E-state index contributed by atoms with van der Waals surface area (Å²) in [6, 6.07) is 2.22. The third-order valence-electron chi connectivity index (χ3n) is 5.93. The normalized spacial score (nSPS) is 20.1. The predicted octanol–water partition coefficient (Wildman–Crippen LogP) is 2.31. The Bertz CT molecular complexity index is 676. The SMILES string of the molecule is CC(=O)N1CCC(C)(c2cc(C(=O)N(C)C3CCC3)nc(C)n2)CC1. The smallest absolute Gasteiger partial charge is 0.272 e. The van der Waals surface area contributed by atoms with Crippen LogP contribution in [0.3, 0.4) is 0 Å². The molecule has 1 aromatic rings. The lowest BCUT2D eigenvalue weighted by Crippen LogP contribution is -2.44. The zero-order chi connectivity index (χ0) is 18.2. The molecule has 1 saturated heterocycles. The molecule has 1 saturated carbocycles. The molecule has 25 heavy (non-hydrogen) atoms. The summed E-state index contributed by atoms with van der Waals surface area (Å²) < 4.78 is 0. The number of hydrogen-bond donors (Lipinski definition) is 0. The Labute approximate surface area is 149 Å². The van der Waals surface area contributed by atoms with E-state index in [-0.39, 0.29) is 17.2 Å². The van der Waals surface area contributed by atoms with Crippen LogP contribution in [0, 0.1) is 6.92 Å². The van der Waals surface area contributed by atoms with Crippen LogP contribution < -0.4 is 0 Å². The quantitative estimate of drug-likeness (QED) is 0.844. The van der Waals surface area contributed by atoms with Crippen molar-refractivity contribution in [2.75, 3.05) is 20.1 Å². The summed E-state index contributed by atoms with van der Waals surface area (Å²) in [7, 11) is 1.87. The lowest BCUT2D eigenvalue weighted by molar-refractivity contribution is -0.130. The zero-order valence-corrected chi connectivity index (χ0v) is 15.7. The van der Waals surface area contributed by atoms with E-state index in [1.807, 2.05) is 29.8 Å². The highest BCUT2D eigenvalue weighted by molar-refractivity contribution is 5.92. The van der Waals surface area contributed by atoms with Gasteiger partial charge >= 0.3 is 0 Å². The molecule has 0 spiro atoms. The summed E-state index contributed by atoms with van der Waals surface area (Å²) in [6.07, 6.45) is 5.07. The minimum atomic E-state index is -0.121. The van der Waals surface area contributed by atoms with Crippen LogP contribution in [-0.2, 0) is 10.2 Å². The van der Waals surface area contributed by atoms with Crippen LogP contribution in [0.5, 0.6) is 0 Å². The fourth-order valence-electron chi connectivity index (χ4n) is 3.68. The number of piperidine rings is 1. The third-order valence-corrected chi connectivity index (χ3v) is 5.93. The Kier molecular flexibility index (Phi) is 4.80. The van der Waals surface area contributed by atoms with E-state index >= 15 is 0 Å². The lowest BCUT2D eigenvalue weighted by atomic mass is 9.77. The standard InChI is InChI=1S/C19H28N4O2/c1-13-20-16(18(25)22(4)15-6-5-7-15)12-17(21-13)19(3)8-10-23(11-9-19)14(2)24/h12,15H,5-11H2,1-4H3. The van der Waals surface area contributed by atoms with Gasteiger partial charge in [-0.25, -0.2) is 9.97 Å². The highest BCUT2D eigenvalue weighted by atomic mass is 16.2. The maximum atomic E-state index is 12.8. The van der Waals surface area contributed by atoms with Gasteiger partial charge in [0.1, 0.15) is 11.5 Å². The van der Waals surface area contributed by atoms with Crippen molar-refractivity contribution in [1.82, 2.24) is 19.8 Å². The monoisotopic (exact) mass is 344 g/mol. The summed E-state index contributed by atoms with van der Waals surface area (Å²) >= 11 is 0. The molecule has 1 aliphatic carbocycles. The number of carbonyl (C=O) groups excluding carboxylic acids is 2. The average Bonchev–Trinajstić information content (AvgIpc) is 2.52. The molecule has 0 radical (unpaired) electrons. The summed E-state index contributed by atoms with van der Waals surface area (Å²) in [6.45, 7) is 7.11. The first-order valence-electron chi connectivity index (χ1n) is 9.19. The van der Waals surface area contributed by atoms with Gasteiger partial charge < -0.3 is 9.80 Å². The van der Waals surface area contributed by atoms with Gasteiger partial charge in [-0.05, 0) is 45.1 Å². The largest absolute Gasteiger partial charge is 0.343 e. The highest BCUT2D eigenvalue weighted by Crippen LogP contribution is 2.34. The molecule has 6 heteroatoms. The van der Waals surface area contributed by atoms with Crippen molar-refractivity contribution < 1.29 is 9.59 Å². The molecule has 0 aromatic carbocycles. The fraction of sp³-hybridized carbons (Fsp3) is 0.684. The summed E-state index contributed by atoms with van der Waals surface area (Å²) in [5, 5.41) is 0. The zero-order valence-electron chi connectivity index (χ0n) is 15.7. The number of hydrogen-bond acceptors (Lipinski definition) is 4. The molecule has 6 nitrogen and oxygen atoms in total. The Morgan fingerprint density at radius 2 is 1.88 bits per heavy atom. The second kappa shape index (κ2) is 6.73. The van der Waals surface area contributed by atoms with Gasteiger partial charge in [0.15, 0.2) is 0 Å². The van der Waals surface area contributed by atoms with Gasteiger partial charge in [-0.15, -0.1) is 0 Å². The van der Waals surface area contributed by atoms with E-state index in [2.05, 4.69) is 16.9 Å². The molecule has 0 N–H and O–H groups in total. The van der Waals surface area contributed by atoms with Gasteiger partial charge in [-0.3, -0.25) is 9.59 Å². The van der Waals surface area contributed by atoms with Crippen molar-refractivity contribution in [3.63, 3.8) is 0 Å². The number of aryl methyl sites for hydroxylation is 1. The number of aromatic nitrogens is 2. The molecular formula is C19H28N4O2. The van der Waals surface area contributed by atoms with Crippen LogP contribution in [0.25, 0.3) is 0 Å². The Balaban J connectivity index is 1.81. The second-order valence-electron chi connectivity index (χ2n) is 7.75. The molecule has 3 rings (SSSR count). The maximum absolute atomic E-state index is 12.8. The van der Waals surface area contributed by atoms with Gasteiger partial charge in [-0.1, -0.05) is 6.92 Å². The minimum Gasteiger partial charge on any atom is -0.343 e. The number of rotatable bonds is 3. The molecule has 0 unspecified atom stereocenters. The molecule has 2 aliphatic rings. The van der Waals surface area contributed by atoms with Crippen molar-refractivity contribution in [2.24, 2.45) is 0 Å². The Morgan fingerprint density at radius 3 is 2.40 bits per heavy atom. The number of amides is 2. The van der Waals surface area contributed by atoms with Crippen molar-refractivity contribution in [3.8, 4) is 0 Å². The first-order valence-corrected chi connectivity index (χ1v) is 9.19. The first kappa shape index (κ1) is 17.8. The molecule has 0 bridgehead atoms. The summed E-state index contributed by atoms with van der Waals surface area (Å²) in [5.74, 6) is 0.748. The van der Waals surface area contributed by atoms with Crippen molar-refractivity contribution in [1.29, 1.82) is 0 Å². The van der Waals surface area contributed by atoms with E-state index in [4.69, 9.17) is 0 Å². The van der Waals surface area contributed by atoms with Crippen molar-refractivity contribution in [2.45, 2.75) is 64.3 Å². The highest BCUT2D eigenvalue weighted by Gasteiger charge is 2.35. The molecule has 1 aromatic heterocycles. The molecule has 2 fully saturated rings. The van der Waals surface area contributed by atoms with E-state index in [9.17, 15) is 9.59 Å². The third kappa shape index (κ3) is 3.53. The molecular weight excluding hydrogens is 316 g/mol. The lowest BCUT2D eigenvalue weighted by Gasteiger charge is -2.39. The van der Waals surface area contributed by atoms with Crippen molar-refractivity contribution in [3.05, 3.63) is 23.3 Å². The number of likely N-dealkylation sites (tertiary alicyclic amines) is 1. The minimum absolute atomic E-state index is 0.0128. The van der Waals surface area contributed by atoms with Gasteiger partial charge in [0.05, 0.1) is 5.69 Å². The second-order valence-corrected chi connectivity index (χ2v) is 7.75. The number of carbonyl (C=O) groups is 2. The van der Waals surface area contributed by atoms with Crippen LogP contribution in [0.2, 0.25) is 0 Å². The summed E-state index contributed by atoms with van der Waals surface area (Å²) in [4.78, 5) is 37.1. The van der Waals surface area contributed by atoms with E-state index < -0.39 is 0 Å². The van der Waals surface area contributed by atoms with Crippen LogP contribution in [-0.4, -0.2) is 57.8 Å². The predicted molar refractivity (Wildman–Crippen MR) is 95.3 cm³/mol. The van der Waals surface area contributed by atoms with Gasteiger partial charge in [0.25, 0.3) is 5.91 Å². The Morgan fingerprint density at radius 1 is 1.24 bits per heavy atom. The number of nitrogens with zero attached hydrogens (tertiary/aromatic N) is 4. The summed E-state index contributed by atoms with van der Waals surface area (Å²) in [5.41, 5.74) is 1.30. The Hall–Kier alpha value is -1.98. The van der Waals surface area contributed by atoms with Gasteiger partial charge in [-0.2, -0.15) is 0 Å². The molecule has 0 atom stereocenters. The molecule has 136 valence electrons. The van der Waals surface area contributed by atoms with Crippen LogP contribution >= 0.6 is 0 Å². The van der Waals surface area contributed by atoms with E-state index in [1.54, 1.807) is 6.92 Å². The van der Waals surface area contributed by atoms with Crippen LogP contribution in [0.15, 0.2) is 6.07 Å². The fourth-order valence-corrected chi connectivity index (χ4v) is 3.68. The molecule has 1 aliphatic heterocycles. The van der Waals surface area contributed by atoms with Crippen LogP contribution in [0.4, 0.5) is 0 Å². The van der Waals surface area contributed by atoms with Gasteiger partial charge in [0.2, 0.25) is 5.91 Å². The average molecular weight is 344 g/mol. The topological polar surface area (TPSA) is 66.4 Å². The maximum Gasteiger partial charge on any atom is 0.272 e. The first-order chi connectivity index (χ1) is 11.8. The molecule has 2 amide bonds. The van der Waals surface area contributed by atoms with Crippen LogP contribution in [0.1, 0.15) is 68.0 Å². The van der Waals surface area contributed by atoms with E-state index in [0.29, 0.717) is 17.6 Å².